The monoisotopic (exact) mass is 156 g/mol. The highest BCUT2D eigenvalue weighted by Crippen LogP contribution is 2.33. The van der Waals surface area contributed by atoms with Crippen LogP contribution in [0, 0.1) is 5.92 Å². The van der Waals surface area contributed by atoms with Gasteiger partial charge in [-0.3, -0.25) is 0 Å². The van der Waals surface area contributed by atoms with Crippen LogP contribution in [-0.4, -0.2) is 23.4 Å². The molecule has 0 aromatic heterocycles. The van der Waals surface area contributed by atoms with Crippen LogP contribution in [0.5, 0.6) is 0 Å². The zero-order valence-corrected chi connectivity index (χ0v) is 7.21. The van der Waals surface area contributed by atoms with Crippen LogP contribution in [0.4, 0.5) is 0 Å². The molecule has 0 aromatic rings. The number of hydrogen-bond acceptors (Lipinski definition) is 2. The molecule has 1 aliphatic rings. The molecule has 1 N–H and O–H groups in total. The van der Waals surface area contributed by atoms with E-state index in [1.54, 1.807) is 6.08 Å². The minimum absolute atomic E-state index is 0.230. The highest BCUT2D eigenvalue weighted by Gasteiger charge is 2.43. The average Bonchev–Trinajstić information content (AvgIpc) is 2.32. The standard InChI is InChI=1S/C9H16O2/c1-4-9(5-2)8(10)7(3)6-11-9/h4,7-8,10H,1,5-6H2,2-3H3. The summed E-state index contributed by atoms with van der Waals surface area (Å²) in [7, 11) is 0. The van der Waals surface area contributed by atoms with Gasteiger partial charge >= 0.3 is 0 Å². The second-order valence-corrected chi connectivity index (χ2v) is 3.25. The molecule has 11 heavy (non-hydrogen) atoms. The summed E-state index contributed by atoms with van der Waals surface area (Å²) >= 11 is 0. The summed E-state index contributed by atoms with van der Waals surface area (Å²) in [6.07, 6.45) is 2.13. The largest absolute Gasteiger partial charge is 0.389 e. The van der Waals surface area contributed by atoms with Gasteiger partial charge in [0.15, 0.2) is 0 Å². The molecule has 3 atom stereocenters. The molecule has 0 saturated carbocycles. The fraction of sp³-hybridized carbons (Fsp3) is 0.778. The van der Waals surface area contributed by atoms with Gasteiger partial charge in [0.1, 0.15) is 5.60 Å². The Hall–Kier alpha value is -0.340. The molecular weight excluding hydrogens is 140 g/mol. The minimum atomic E-state index is -0.473. The Morgan fingerprint density at radius 1 is 1.82 bits per heavy atom. The van der Waals surface area contributed by atoms with E-state index < -0.39 is 5.60 Å². The molecule has 3 unspecified atom stereocenters. The molecule has 1 saturated heterocycles. The SMILES string of the molecule is C=CC1(CC)OCC(C)C1O. The first-order valence-corrected chi connectivity index (χ1v) is 4.12. The van der Waals surface area contributed by atoms with Crippen molar-refractivity contribution >= 4 is 0 Å². The fourth-order valence-electron chi connectivity index (χ4n) is 1.58. The molecule has 0 aliphatic carbocycles. The van der Waals surface area contributed by atoms with E-state index in [1.165, 1.54) is 0 Å². The maximum absolute atomic E-state index is 9.71. The number of rotatable bonds is 2. The Kier molecular flexibility index (Phi) is 2.35. The van der Waals surface area contributed by atoms with Gasteiger partial charge in [-0.2, -0.15) is 0 Å². The van der Waals surface area contributed by atoms with Gasteiger partial charge in [-0.1, -0.05) is 19.9 Å². The van der Waals surface area contributed by atoms with E-state index in [0.29, 0.717) is 6.61 Å². The molecular formula is C9H16O2. The summed E-state index contributed by atoms with van der Waals surface area (Å²) in [4.78, 5) is 0. The topological polar surface area (TPSA) is 29.5 Å². The van der Waals surface area contributed by atoms with Crippen molar-refractivity contribution in [3.63, 3.8) is 0 Å². The van der Waals surface area contributed by atoms with Gasteiger partial charge in [-0.25, -0.2) is 0 Å². The van der Waals surface area contributed by atoms with Crippen molar-refractivity contribution in [1.29, 1.82) is 0 Å². The maximum atomic E-state index is 9.71. The van der Waals surface area contributed by atoms with Gasteiger partial charge < -0.3 is 9.84 Å². The molecule has 0 radical (unpaired) electrons. The molecule has 2 heteroatoms. The van der Waals surface area contributed by atoms with Crippen molar-refractivity contribution in [2.75, 3.05) is 6.61 Å². The molecule has 0 amide bonds. The molecule has 1 fully saturated rings. The van der Waals surface area contributed by atoms with Gasteiger partial charge in [0.2, 0.25) is 0 Å². The van der Waals surface area contributed by atoms with Crippen LogP contribution in [0.2, 0.25) is 0 Å². The Labute approximate surface area is 67.9 Å². The number of hydrogen-bond donors (Lipinski definition) is 1. The second kappa shape index (κ2) is 2.95. The number of aliphatic hydroxyl groups is 1. The van der Waals surface area contributed by atoms with Crippen LogP contribution in [0.3, 0.4) is 0 Å². The lowest BCUT2D eigenvalue weighted by molar-refractivity contribution is -0.0243. The average molecular weight is 156 g/mol. The van der Waals surface area contributed by atoms with Crippen LogP contribution >= 0.6 is 0 Å². The Balaban J connectivity index is 2.77. The maximum Gasteiger partial charge on any atom is 0.112 e. The van der Waals surface area contributed by atoms with Crippen LogP contribution in [-0.2, 0) is 4.74 Å². The quantitative estimate of drug-likeness (QED) is 0.611. The Morgan fingerprint density at radius 3 is 2.64 bits per heavy atom. The van der Waals surface area contributed by atoms with Gasteiger partial charge in [0, 0.05) is 5.92 Å². The summed E-state index contributed by atoms with van der Waals surface area (Å²) in [5.74, 6) is 0.230. The molecule has 2 nitrogen and oxygen atoms in total. The smallest absolute Gasteiger partial charge is 0.112 e. The zero-order valence-electron chi connectivity index (χ0n) is 7.21. The fourth-order valence-corrected chi connectivity index (χ4v) is 1.58. The predicted molar refractivity (Wildman–Crippen MR) is 44.3 cm³/mol. The van der Waals surface area contributed by atoms with E-state index in [2.05, 4.69) is 6.58 Å². The molecule has 1 heterocycles. The van der Waals surface area contributed by atoms with E-state index in [1.807, 2.05) is 13.8 Å². The summed E-state index contributed by atoms with van der Waals surface area (Å²) < 4.78 is 5.50. The normalized spacial score (nSPS) is 44.3. The van der Waals surface area contributed by atoms with Crippen LogP contribution < -0.4 is 0 Å². The van der Waals surface area contributed by atoms with E-state index in [0.717, 1.165) is 6.42 Å². The van der Waals surface area contributed by atoms with Crippen LogP contribution in [0.15, 0.2) is 12.7 Å². The highest BCUT2D eigenvalue weighted by atomic mass is 16.5. The summed E-state index contributed by atoms with van der Waals surface area (Å²) in [6, 6.07) is 0. The first-order chi connectivity index (χ1) is 5.16. The van der Waals surface area contributed by atoms with Crippen molar-refractivity contribution in [3.8, 4) is 0 Å². The lowest BCUT2D eigenvalue weighted by Crippen LogP contribution is -2.38. The Bertz CT molecular complexity index is 156. The van der Waals surface area contributed by atoms with Crippen LogP contribution in [0.1, 0.15) is 20.3 Å². The molecule has 1 aliphatic heterocycles. The van der Waals surface area contributed by atoms with Gasteiger partial charge in [-0.15, -0.1) is 6.58 Å². The van der Waals surface area contributed by atoms with Crippen molar-refractivity contribution in [2.24, 2.45) is 5.92 Å². The first kappa shape index (κ1) is 8.75. The summed E-state index contributed by atoms with van der Waals surface area (Å²) in [5, 5.41) is 9.71. The lowest BCUT2D eigenvalue weighted by atomic mass is 9.89. The highest BCUT2D eigenvalue weighted by molar-refractivity contribution is 5.06. The molecule has 64 valence electrons. The van der Waals surface area contributed by atoms with Crippen molar-refractivity contribution in [2.45, 2.75) is 32.0 Å². The third-order valence-electron chi connectivity index (χ3n) is 2.55. The predicted octanol–water partition coefficient (Wildman–Crippen LogP) is 1.35. The summed E-state index contributed by atoms with van der Waals surface area (Å²) in [5.41, 5.74) is -0.473. The lowest BCUT2D eigenvalue weighted by Gasteiger charge is -2.27. The third kappa shape index (κ3) is 1.21. The minimum Gasteiger partial charge on any atom is -0.389 e. The zero-order chi connectivity index (χ0) is 8.48. The summed E-state index contributed by atoms with van der Waals surface area (Å²) in [6.45, 7) is 8.32. The van der Waals surface area contributed by atoms with Crippen molar-refractivity contribution < 1.29 is 9.84 Å². The number of aliphatic hydroxyl groups excluding tert-OH is 1. The van der Waals surface area contributed by atoms with E-state index in [9.17, 15) is 5.11 Å². The third-order valence-corrected chi connectivity index (χ3v) is 2.55. The van der Waals surface area contributed by atoms with Gasteiger partial charge in [0.25, 0.3) is 0 Å². The van der Waals surface area contributed by atoms with E-state index >= 15 is 0 Å². The van der Waals surface area contributed by atoms with E-state index in [-0.39, 0.29) is 12.0 Å². The molecule has 0 bridgehead atoms. The Morgan fingerprint density at radius 2 is 2.45 bits per heavy atom. The molecule has 0 spiro atoms. The second-order valence-electron chi connectivity index (χ2n) is 3.25. The van der Waals surface area contributed by atoms with E-state index in [4.69, 9.17) is 4.74 Å². The number of ether oxygens (including phenoxy) is 1. The molecule has 1 rings (SSSR count). The van der Waals surface area contributed by atoms with Gasteiger partial charge in [0.05, 0.1) is 12.7 Å². The first-order valence-electron chi connectivity index (χ1n) is 4.12. The molecule has 0 aromatic carbocycles. The van der Waals surface area contributed by atoms with Gasteiger partial charge in [-0.05, 0) is 6.42 Å². The van der Waals surface area contributed by atoms with Crippen LogP contribution in [0.25, 0.3) is 0 Å². The van der Waals surface area contributed by atoms with Crippen molar-refractivity contribution in [1.82, 2.24) is 0 Å². The van der Waals surface area contributed by atoms with Crippen molar-refractivity contribution in [3.05, 3.63) is 12.7 Å².